The Kier molecular flexibility index (Phi) is 11.2. The van der Waals surface area contributed by atoms with Crippen LogP contribution in [0.5, 0.6) is 0 Å². The highest BCUT2D eigenvalue weighted by Crippen LogP contribution is 2.36. The number of thioether (sulfide) groups is 1. The molecule has 0 N–H and O–H groups in total. The van der Waals surface area contributed by atoms with E-state index < -0.39 is 10.3 Å². The number of halogens is 1. The van der Waals surface area contributed by atoms with Crippen molar-refractivity contribution in [1.29, 1.82) is 0 Å². The van der Waals surface area contributed by atoms with Gasteiger partial charge in [0.2, 0.25) is 0 Å². The Labute approximate surface area is 216 Å². The number of nitrogens with zero attached hydrogens (tertiary/aromatic N) is 3. The average Bonchev–Trinajstić information content (AvgIpc) is 3.16. The van der Waals surface area contributed by atoms with Gasteiger partial charge in [0.15, 0.2) is 4.34 Å². The predicted molar refractivity (Wildman–Crippen MR) is 145 cm³/mol. The van der Waals surface area contributed by atoms with Gasteiger partial charge >= 0.3 is 5.97 Å². The van der Waals surface area contributed by atoms with Crippen LogP contribution in [-0.2, 0) is 16.0 Å². The second kappa shape index (κ2) is 13.1. The molecule has 2 aromatic rings. The monoisotopic (exact) mass is 555 g/mol. The van der Waals surface area contributed by atoms with E-state index in [1.54, 1.807) is 11.3 Å². The number of ether oxygens (including phenoxy) is 1. The molecule has 2 aromatic heterocycles. The maximum absolute atomic E-state index is 12.6. The molecule has 2 rings (SSSR count). The van der Waals surface area contributed by atoms with Gasteiger partial charge in [-0.05, 0) is 69.1 Å². The van der Waals surface area contributed by atoms with Gasteiger partial charge < -0.3 is 9.64 Å². The number of hydrogen-bond donors (Lipinski definition) is 0. The third-order valence-electron chi connectivity index (χ3n) is 4.97. The molecule has 2 heterocycles. The number of carbonyl (C=O) groups is 1. The van der Waals surface area contributed by atoms with Crippen LogP contribution < -0.4 is 4.90 Å². The fourth-order valence-electron chi connectivity index (χ4n) is 3.16. The van der Waals surface area contributed by atoms with Gasteiger partial charge in [-0.2, -0.15) is 0 Å². The Morgan fingerprint density at radius 2 is 1.85 bits per heavy atom. The highest BCUT2D eigenvalue weighted by Gasteiger charge is 2.34. The summed E-state index contributed by atoms with van der Waals surface area (Å²) >= 11 is 6.54. The zero-order chi connectivity index (χ0) is 24.5. The van der Waals surface area contributed by atoms with Crippen molar-refractivity contribution in [3.05, 3.63) is 33.9 Å². The number of rotatable bonds is 13. The van der Waals surface area contributed by atoms with Gasteiger partial charge in [-0.3, -0.25) is 4.79 Å². The topological polar surface area (TPSA) is 55.3 Å². The highest BCUT2D eigenvalue weighted by atomic mass is 79.9. The predicted octanol–water partition coefficient (Wildman–Crippen LogP) is 7.53. The molecule has 0 saturated heterocycles. The van der Waals surface area contributed by atoms with Crippen LogP contribution in [0.15, 0.2) is 32.5 Å². The standard InChI is InChI=1S/C25H38BrN3O2S2/c1-7-8-9-10-11-15-29(21-13-12-19(26)17-27-21)16-14-20-18-32-23(28-20)33-25(5,6)22(30)31-24(2,3)4/h12-13,17-18H,7-11,14-16H2,1-6H3. The lowest BCUT2D eigenvalue weighted by Gasteiger charge is -2.27. The van der Waals surface area contributed by atoms with E-state index in [1.807, 2.05) is 46.9 Å². The third kappa shape index (κ3) is 10.4. The molecule has 0 atom stereocenters. The number of pyridine rings is 1. The normalized spacial score (nSPS) is 12.1. The van der Waals surface area contributed by atoms with Crippen molar-refractivity contribution in [2.75, 3.05) is 18.0 Å². The van der Waals surface area contributed by atoms with Gasteiger partial charge in [-0.15, -0.1) is 11.3 Å². The van der Waals surface area contributed by atoms with Crippen molar-refractivity contribution >= 4 is 50.8 Å². The van der Waals surface area contributed by atoms with Gasteiger partial charge in [0.25, 0.3) is 0 Å². The average molecular weight is 557 g/mol. The Bertz CT molecular complexity index is 863. The lowest BCUT2D eigenvalue weighted by atomic mass is 10.1. The zero-order valence-corrected chi connectivity index (χ0v) is 24.0. The van der Waals surface area contributed by atoms with Crippen LogP contribution in [0.2, 0.25) is 0 Å². The van der Waals surface area contributed by atoms with E-state index in [2.05, 4.69) is 44.2 Å². The summed E-state index contributed by atoms with van der Waals surface area (Å²) in [6.07, 6.45) is 8.96. The fourth-order valence-corrected chi connectivity index (χ4v) is 5.66. The summed E-state index contributed by atoms with van der Waals surface area (Å²) in [4.78, 5) is 24.3. The van der Waals surface area contributed by atoms with Crippen molar-refractivity contribution in [3.8, 4) is 0 Å². The van der Waals surface area contributed by atoms with Crippen molar-refractivity contribution in [3.63, 3.8) is 0 Å². The van der Waals surface area contributed by atoms with E-state index in [-0.39, 0.29) is 5.97 Å². The lowest BCUT2D eigenvalue weighted by molar-refractivity contribution is -0.156. The summed E-state index contributed by atoms with van der Waals surface area (Å²) in [6.45, 7) is 13.6. The van der Waals surface area contributed by atoms with E-state index in [0.717, 1.165) is 39.8 Å². The Morgan fingerprint density at radius 3 is 2.48 bits per heavy atom. The minimum Gasteiger partial charge on any atom is -0.459 e. The number of unbranched alkanes of at least 4 members (excludes halogenated alkanes) is 4. The van der Waals surface area contributed by atoms with Crippen molar-refractivity contribution in [2.45, 2.75) is 94.8 Å². The molecule has 8 heteroatoms. The van der Waals surface area contributed by atoms with Crippen LogP contribution in [0.4, 0.5) is 5.82 Å². The maximum atomic E-state index is 12.6. The molecule has 184 valence electrons. The summed E-state index contributed by atoms with van der Waals surface area (Å²) in [5.74, 6) is 0.789. The summed E-state index contributed by atoms with van der Waals surface area (Å²) in [5.41, 5.74) is 0.555. The summed E-state index contributed by atoms with van der Waals surface area (Å²) < 4.78 is 6.78. The van der Waals surface area contributed by atoms with Gasteiger partial charge in [0.1, 0.15) is 16.2 Å². The van der Waals surface area contributed by atoms with Crippen molar-refractivity contribution < 1.29 is 9.53 Å². The van der Waals surface area contributed by atoms with Crippen LogP contribution in [0.1, 0.15) is 79.3 Å². The van der Waals surface area contributed by atoms with Gasteiger partial charge in [-0.1, -0.05) is 44.4 Å². The third-order valence-corrected chi connectivity index (χ3v) is 7.60. The first kappa shape index (κ1) is 28.1. The highest BCUT2D eigenvalue weighted by molar-refractivity contribution is 9.10. The molecular weight excluding hydrogens is 518 g/mol. The first-order valence-corrected chi connectivity index (χ1v) is 14.2. The van der Waals surface area contributed by atoms with Crippen LogP contribution >= 0.6 is 39.0 Å². The smallest absolute Gasteiger partial charge is 0.322 e. The Hall–Kier alpha value is -1.12. The number of esters is 1. The molecular formula is C25H38BrN3O2S2. The summed E-state index contributed by atoms with van der Waals surface area (Å²) in [5, 5.41) is 2.10. The molecule has 0 aliphatic rings. The number of carbonyl (C=O) groups excluding carboxylic acids is 1. The quantitative estimate of drug-likeness (QED) is 0.144. The second-order valence-electron chi connectivity index (χ2n) is 9.70. The van der Waals surface area contributed by atoms with E-state index in [4.69, 9.17) is 9.72 Å². The first-order valence-electron chi connectivity index (χ1n) is 11.7. The SMILES string of the molecule is CCCCCCCN(CCc1csc(SC(C)(C)C(=O)OC(C)(C)C)n1)c1ccc(Br)cn1. The van der Waals surface area contributed by atoms with Crippen LogP contribution in [-0.4, -0.2) is 39.4 Å². The largest absolute Gasteiger partial charge is 0.459 e. The summed E-state index contributed by atoms with van der Waals surface area (Å²) in [7, 11) is 0. The molecule has 0 fully saturated rings. The molecule has 0 unspecified atom stereocenters. The van der Waals surface area contributed by atoms with E-state index in [0.29, 0.717) is 0 Å². The Morgan fingerprint density at radius 1 is 1.12 bits per heavy atom. The molecule has 0 aliphatic heterocycles. The minimum absolute atomic E-state index is 0.215. The van der Waals surface area contributed by atoms with E-state index >= 15 is 0 Å². The van der Waals surface area contributed by atoms with E-state index in [1.165, 1.54) is 43.9 Å². The van der Waals surface area contributed by atoms with Crippen LogP contribution in [0.3, 0.4) is 0 Å². The molecule has 0 radical (unpaired) electrons. The maximum Gasteiger partial charge on any atom is 0.322 e. The second-order valence-corrected chi connectivity index (χ2v) is 13.3. The molecule has 33 heavy (non-hydrogen) atoms. The zero-order valence-electron chi connectivity index (χ0n) is 20.8. The number of aromatic nitrogens is 2. The van der Waals surface area contributed by atoms with Gasteiger partial charge in [0, 0.05) is 35.6 Å². The van der Waals surface area contributed by atoms with Crippen molar-refractivity contribution in [1.82, 2.24) is 9.97 Å². The molecule has 0 spiro atoms. The number of hydrogen-bond acceptors (Lipinski definition) is 7. The Balaban J connectivity index is 1.97. The lowest BCUT2D eigenvalue weighted by Crippen LogP contribution is -2.36. The molecule has 0 saturated carbocycles. The minimum atomic E-state index is -0.686. The molecule has 0 bridgehead atoms. The number of thiazole rings is 1. The molecule has 5 nitrogen and oxygen atoms in total. The van der Waals surface area contributed by atoms with Gasteiger partial charge in [0.05, 0.1) is 5.69 Å². The molecule has 0 amide bonds. The summed E-state index contributed by atoms with van der Waals surface area (Å²) in [6, 6.07) is 4.12. The van der Waals surface area contributed by atoms with Crippen LogP contribution in [0, 0.1) is 0 Å². The van der Waals surface area contributed by atoms with Crippen molar-refractivity contribution in [2.24, 2.45) is 0 Å². The first-order chi connectivity index (χ1) is 15.5. The number of anilines is 1. The van der Waals surface area contributed by atoms with Gasteiger partial charge in [-0.25, -0.2) is 9.97 Å². The molecule has 0 aliphatic carbocycles. The van der Waals surface area contributed by atoms with Crippen LogP contribution in [0.25, 0.3) is 0 Å². The molecule has 0 aromatic carbocycles. The van der Waals surface area contributed by atoms with E-state index in [9.17, 15) is 4.79 Å². The fraction of sp³-hybridized carbons (Fsp3) is 0.640.